The SMILES string of the molecule is CCNC(C)c1ccc(Br)cc1Oc1ccc(F)cc1. The van der Waals surface area contributed by atoms with Gasteiger partial charge in [-0.15, -0.1) is 0 Å². The van der Waals surface area contributed by atoms with E-state index in [1.54, 1.807) is 12.1 Å². The summed E-state index contributed by atoms with van der Waals surface area (Å²) in [7, 11) is 0. The van der Waals surface area contributed by atoms with Crippen molar-refractivity contribution in [2.75, 3.05) is 6.54 Å². The molecule has 0 aliphatic carbocycles. The molecule has 0 bridgehead atoms. The summed E-state index contributed by atoms with van der Waals surface area (Å²) in [6, 6.07) is 12.1. The Bertz CT molecular complexity index is 571. The molecule has 1 atom stereocenters. The predicted octanol–water partition coefficient (Wildman–Crippen LogP) is 5.05. The second kappa shape index (κ2) is 6.86. The lowest BCUT2D eigenvalue weighted by Crippen LogP contribution is -2.18. The summed E-state index contributed by atoms with van der Waals surface area (Å²) in [5.74, 6) is 1.11. The van der Waals surface area contributed by atoms with Gasteiger partial charge in [0.1, 0.15) is 17.3 Å². The standard InChI is InChI=1S/C16H17BrFNO/c1-3-19-11(2)15-9-4-12(17)10-16(15)20-14-7-5-13(18)6-8-14/h4-11,19H,3H2,1-2H3. The van der Waals surface area contributed by atoms with E-state index in [1.807, 2.05) is 18.2 Å². The molecule has 2 nitrogen and oxygen atoms in total. The molecule has 0 fully saturated rings. The first-order valence-electron chi connectivity index (χ1n) is 6.56. The first-order valence-corrected chi connectivity index (χ1v) is 7.35. The molecule has 2 aromatic rings. The molecule has 1 N–H and O–H groups in total. The van der Waals surface area contributed by atoms with Crippen LogP contribution in [0, 0.1) is 5.82 Å². The minimum atomic E-state index is -0.271. The van der Waals surface area contributed by atoms with Gasteiger partial charge in [-0.05, 0) is 49.9 Å². The van der Waals surface area contributed by atoms with E-state index in [2.05, 4.69) is 35.1 Å². The molecule has 1 unspecified atom stereocenters. The van der Waals surface area contributed by atoms with Crippen LogP contribution in [0.1, 0.15) is 25.5 Å². The topological polar surface area (TPSA) is 21.3 Å². The minimum Gasteiger partial charge on any atom is -0.457 e. The highest BCUT2D eigenvalue weighted by Crippen LogP contribution is 2.32. The van der Waals surface area contributed by atoms with Gasteiger partial charge >= 0.3 is 0 Å². The summed E-state index contributed by atoms with van der Waals surface area (Å²) in [6.45, 7) is 5.04. The monoisotopic (exact) mass is 337 g/mol. The molecule has 20 heavy (non-hydrogen) atoms. The Labute approximate surface area is 127 Å². The first kappa shape index (κ1) is 15.0. The maximum absolute atomic E-state index is 12.9. The molecule has 2 aromatic carbocycles. The lowest BCUT2D eigenvalue weighted by Gasteiger charge is -2.18. The molecule has 0 heterocycles. The van der Waals surface area contributed by atoms with Crippen LogP contribution in [0.25, 0.3) is 0 Å². The molecular formula is C16H17BrFNO. The van der Waals surface area contributed by atoms with Crippen molar-refractivity contribution in [1.29, 1.82) is 0 Å². The number of hydrogen-bond donors (Lipinski definition) is 1. The normalized spacial score (nSPS) is 12.2. The van der Waals surface area contributed by atoms with E-state index in [1.165, 1.54) is 12.1 Å². The number of benzene rings is 2. The van der Waals surface area contributed by atoms with Crippen molar-refractivity contribution in [1.82, 2.24) is 5.32 Å². The molecule has 0 aromatic heterocycles. The van der Waals surface area contributed by atoms with Gasteiger partial charge in [0.2, 0.25) is 0 Å². The fourth-order valence-electron chi connectivity index (χ4n) is 2.00. The third-order valence-electron chi connectivity index (χ3n) is 2.99. The number of nitrogens with one attached hydrogen (secondary N) is 1. The van der Waals surface area contributed by atoms with Gasteiger partial charge in [-0.3, -0.25) is 0 Å². The van der Waals surface area contributed by atoms with Gasteiger partial charge in [-0.2, -0.15) is 0 Å². The first-order chi connectivity index (χ1) is 9.60. The second-order valence-electron chi connectivity index (χ2n) is 4.52. The Hall–Kier alpha value is -1.39. The minimum absolute atomic E-state index is 0.184. The summed E-state index contributed by atoms with van der Waals surface area (Å²) < 4.78 is 19.7. The van der Waals surface area contributed by atoms with Crippen LogP contribution in [0.2, 0.25) is 0 Å². The van der Waals surface area contributed by atoms with Crippen LogP contribution in [-0.4, -0.2) is 6.54 Å². The summed E-state index contributed by atoms with van der Waals surface area (Å²) in [4.78, 5) is 0. The van der Waals surface area contributed by atoms with E-state index in [-0.39, 0.29) is 11.9 Å². The second-order valence-corrected chi connectivity index (χ2v) is 5.43. The molecule has 0 aliphatic rings. The van der Waals surface area contributed by atoms with Crippen LogP contribution >= 0.6 is 15.9 Å². The Morgan fingerprint density at radius 3 is 2.55 bits per heavy atom. The van der Waals surface area contributed by atoms with E-state index >= 15 is 0 Å². The van der Waals surface area contributed by atoms with E-state index in [0.717, 1.165) is 22.3 Å². The zero-order valence-corrected chi connectivity index (χ0v) is 13.1. The Morgan fingerprint density at radius 2 is 1.90 bits per heavy atom. The van der Waals surface area contributed by atoms with Crippen LogP contribution in [0.3, 0.4) is 0 Å². The molecule has 0 radical (unpaired) electrons. The highest BCUT2D eigenvalue weighted by Gasteiger charge is 2.12. The van der Waals surface area contributed by atoms with Crippen molar-refractivity contribution in [3.63, 3.8) is 0 Å². The van der Waals surface area contributed by atoms with Crippen LogP contribution in [0.4, 0.5) is 4.39 Å². The average molecular weight is 338 g/mol. The molecule has 0 saturated carbocycles. The molecule has 106 valence electrons. The fourth-order valence-corrected chi connectivity index (χ4v) is 2.34. The van der Waals surface area contributed by atoms with Crippen LogP contribution in [-0.2, 0) is 0 Å². The zero-order chi connectivity index (χ0) is 14.5. The van der Waals surface area contributed by atoms with Crippen molar-refractivity contribution < 1.29 is 9.13 Å². The lowest BCUT2D eigenvalue weighted by molar-refractivity contribution is 0.461. The average Bonchev–Trinajstić information content (AvgIpc) is 2.42. The van der Waals surface area contributed by atoms with Crippen LogP contribution in [0.5, 0.6) is 11.5 Å². The van der Waals surface area contributed by atoms with Crippen LogP contribution < -0.4 is 10.1 Å². The quantitative estimate of drug-likeness (QED) is 0.824. The molecule has 4 heteroatoms. The third-order valence-corrected chi connectivity index (χ3v) is 3.49. The van der Waals surface area contributed by atoms with Crippen LogP contribution in [0.15, 0.2) is 46.9 Å². The number of ether oxygens (including phenoxy) is 1. The maximum Gasteiger partial charge on any atom is 0.133 e. The van der Waals surface area contributed by atoms with E-state index < -0.39 is 0 Å². The number of halogens is 2. The molecule has 0 saturated heterocycles. The van der Waals surface area contributed by atoms with Gasteiger partial charge in [0.05, 0.1) is 0 Å². The van der Waals surface area contributed by atoms with Crippen molar-refractivity contribution in [2.24, 2.45) is 0 Å². The van der Waals surface area contributed by atoms with Crippen molar-refractivity contribution in [3.05, 3.63) is 58.3 Å². The maximum atomic E-state index is 12.9. The van der Waals surface area contributed by atoms with Gasteiger partial charge in [-0.1, -0.05) is 28.9 Å². The van der Waals surface area contributed by atoms with Gasteiger partial charge < -0.3 is 10.1 Å². The van der Waals surface area contributed by atoms with Crippen molar-refractivity contribution in [3.8, 4) is 11.5 Å². The van der Waals surface area contributed by atoms with Crippen molar-refractivity contribution >= 4 is 15.9 Å². The fraction of sp³-hybridized carbons (Fsp3) is 0.250. The molecule has 2 rings (SSSR count). The smallest absolute Gasteiger partial charge is 0.133 e. The molecule has 0 aliphatic heterocycles. The summed E-state index contributed by atoms with van der Waals surface area (Å²) in [5, 5.41) is 3.36. The lowest BCUT2D eigenvalue weighted by atomic mass is 10.1. The zero-order valence-electron chi connectivity index (χ0n) is 11.5. The van der Waals surface area contributed by atoms with E-state index in [9.17, 15) is 4.39 Å². The number of hydrogen-bond acceptors (Lipinski definition) is 2. The Kier molecular flexibility index (Phi) is 5.15. The summed E-state index contributed by atoms with van der Waals surface area (Å²) in [6.07, 6.45) is 0. The molecule has 0 amide bonds. The van der Waals surface area contributed by atoms with E-state index in [4.69, 9.17) is 4.74 Å². The van der Waals surface area contributed by atoms with Gasteiger partial charge in [0.25, 0.3) is 0 Å². The van der Waals surface area contributed by atoms with Crippen molar-refractivity contribution in [2.45, 2.75) is 19.9 Å². The Balaban J connectivity index is 2.29. The largest absolute Gasteiger partial charge is 0.457 e. The summed E-state index contributed by atoms with van der Waals surface area (Å²) in [5.41, 5.74) is 1.07. The Morgan fingerprint density at radius 1 is 1.20 bits per heavy atom. The molecular weight excluding hydrogens is 321 g/mol. The van der Waals surface area contributed by atoms with Gasteiger partial charge in [0, 0.05) is 16.1 Å². The predicted molar refractivity (Wildman–Crippen MR) is 82.7 cm³/mol. The van der Waals surface area contributed by atoms with Gasteiger partial charge in [0.15, 0.2) is 0 Å². The highest BCUT2D eigenvalue weighted by molar-refractivity contribution is 9.10. The molecule has 0 spiro atoms. The van der Waals surface area contributed by atoms with E-state index in [0.29, 0.717) is 5.75 Å². The number of rotatable bonds is 5. The summed E-state index contributed by atoms with van der Waals surface area (Å²) >= 11 is 3.45. The van der Waals surface area contributed by atoms with Gasteiger partial charge in [-0.25, -0.2) is 4.39 Å². The third kappa shape index (κ3) is 3.81. The highest BCUT2D eigenvalue weighted by atomic mass is 79.9.